The molecule has 7 heteroatoms. The Kier molecular flexibility index (Phi) is 3.69. The largest absolute Gasteiger partial charge is 0.417 e. The second-order valence-electron chi connectivity index (χ2n) is 3.74. The molecule has 0 aliphatic carbocycles. The lowest BCUT2D eigenvalue weighted by molar-refractivity contribution is -0.384. The molecule has 102 valence electrons. The molecule has 20 heavy (non-hydrogen) atoms. The summed E-state index contributed by atoms with van der Waals surface area (Å²) in [5.41, 5.74) is -0.267. The van der Waals surface area contributed by atoms with Crippen LogP contribution in [0.4, 0.5) is 14.5 Å². The summed E-state index contributed by atoms with van der Waals surface area (Å²) >= 11 is 0. The fourth-order valence-electron chi connectivity index (χ4n) is 1.45. The number of hydrogen-bond acceptors (Lipinski definition) is 4. The zero-order chi connectivity index (χ0) is 14.7. The number of ether oxygens (including phenoxy) is 1. The van der Waals surface area contributed by atoms with Crippen LogP contribution in [-0.4, -0.2) is 10.9 Å². The van der Waals surface area contributed by atoms with Gasteiger partial charge in [-0.1, -0.05) is 6.07 Å². The lowest BCUT2D eigenvalue weighted by Crippen LogP contribution is -2.10. The maximum atomic E-state index is 13.3. The van der Waals surface area contributed by atoms with Gasteiger partial charge in [-0.3, -0.25) is 10.1 Å². The van der Waals surface area contributed by atoms with Crippen LogP contribution in [0.25, 0.3) is 0 Å². The fraction of sp³-hybridized carbons (Fsp3) is 0. The van der Waals surface area contributed by atoms with E-state index in [1.165, 1.54) is 0 Å². The minimum Gasteiger partial charge on any atom is -0.417 e. The van der Waals surface area contributed by atoms with Gasteiger partial charge in [-0.15, -0.1) is 0 Å². The number of carbonyl (C=O) groups excluding carboxylic acids is 1. The van der Waals surface area contributed by atoms with E-state index in [9.17, 15) is 23.7 Å². The Morgan fingerprint density at radius 3 is 2.10 bits per heavy atom. The van der Waals surface area contributed by atoms with Crippen molar-refractivity contribution in [1.82, 2.24) is 0 Å². The molecule has 0 fully saturated rings. The van der Waals surface area contributed by atoms with Gasteiger partial charge in [0.1, 0.15) is 0 Å². The van der Waals surface area contributed by atoms with Gasteiger partial charge in [0.05, 0.1) is 10.5 Å². The van der Waals surface area contributed by atoms with Crippen LogP contribution in [0.3, 0.4) is 0 Å². The first kappa shape index (κ1) is 13.6. The lowest BCUT2D eigenvalue weighted by Gasteiger charge is -2.06. The van der Waals surface area contributed by atoms with Crippen LogP contribution in [0.1, 0.15) is 10.4 Å². The van der Waals surface area contributed by atoms with Crippen molar-refractivity contribution in [3.05, 3.63) is 69.8 Å². The van der Waals surface area contributed by atoms with Crippen molar-refractivity contribution in [2.45, 2.75) is 0 Å². The van der Waals surface area contributed by atoms with Gasteiger partial charge in [-0.25, -0.2) is 13.6 Å². The van der Waals surface area contributed by atoms with Gasteiger partial charge in [-0.05, 0) is 24.3 Å². The van der Waals surface area contributed by atoms with E-state index in [0.29, 0.717) is 0 Å². The molecule has 0 saturated carbocycles. The van der Waals surface area contributed by atoms with Crippen LogP contribution in [0.2, 0.25) is 0 Å². The van der Waals surface area contributed by atoms with Crippen LogP contribution >= 0.6 is 0 Å². The van der Waals surface area contributed by atoms with Crippen molar-refractivity contribution in [2.24, 2.45) is 0 Å². The quantitative estimate of drug-likeness (QED) is 0.374. The first-order chi connectivity index (χ1) is 9.49. The summed E-state index contributed by atoms with van der Waals surface area (Å²) in [4.78, 5) is 21.5. The molecular formula is C13H7F2NO4. The van der Waals surface area contributed by atoms with Crippen molar-refractivity contribution in [2.75, 3.05) is 0 Å². The van der Waals surface area contributed by atoms with E-state index >= 15 is 0 Å². The molecule has 0 amide bonds. The number of benzene rings is 2. The highest BCUT2D eigenvalue weighted by molar-refractivity contribution is 5.91. The van der Waals surface area contributed by atoms with E-state index in [1.54, 1.807) is 0 Å². The normalized spacial score (nSPS) is 10.1. The van der Waals surface area contributed by atoms with E-state index in [4.69, 9.17) is 0 Å². The summed E-state index contributed by atoms with van der Waals surface area (Å²) in [6.45, 7) is 0. The van der Waals surface area contributed by atoms with Gasteiger partial charge in [-0.2, -0.15) is 0 Å². The minimum absolute atomic E-state index is 0.0572. The first-order valence-electron chi connectivity index (χ1n) is 5.39. The topological polar surface area (TPSA) is 69.4 Å². The number of hydrogen-bond donors (Lipinski definition) is 0. The molecule has 0 aromatic heterocycles. The van der Waals surface area contributed by atoms with E-state index in [2.05, 4.69) is 4.74 Å². The third-order valence-electron chi connectivity index (χ3n) is 2.43. The number of rotatable bonds is 3. The Balaban J connectivity index is 2.22. The highest BCUT2D eigenvalue weighted by Crippen LogP contribution is 2.22. The monoisotopic (exact) mass is 279 g/mol. The molecule has 0 spiro atoms. The van der Waals surface area contributed by atoms with Crippen LogP contribution < -0.4 is 4.74 Å². The molecule has 0 saturated heterocycles. The van der Waals surface area contributed by atoms with Crippen molar-refractivity contribution in [3.63, 3.8) is 0 Å². The summed E-state index contributed by atoms with van der Waals surface area (Å²) in [6.07, 6.45) is 0. The summed E-state index contributed by atoms with van der Waals surface area (Å²) in [5, 5.41) is 10.5. The second-order valence-corrected chi connectivity index (χ2v) is 3.74. The number of nitro groups is 1. The molecule has 0 aliphatic rings. The summed E-state index contributed by atoms with van der Waals surface area (Å²) in [6, 6.07) is 7.48. The summed E-state index contributed by atoms with van der Waals surface area (Å²) < 4.78 is 31.2. The van der Waals surface area contributed by atoms with Crippen molar-refractivity contribution in [3.8, 4) is 5.75 Å². The van der Waals surface area contributed by atoms with Crippen molar-refractivity contribution < 1.29 is 23.2 Å². The fourth-order valence-corrected chi connectivity index (χ4v) is 1.45. The predicted molar refractivity (Wildman–Crippen MR) is 64.4 cm³/mol. The third-order valence-corrected chi connectivity index (χ3v) is 2.43. The Hall–Kier alpha value is -2.83. The summed E-state index contributed by atoms with van der Waals surface area (Å²) in [5.74, 6) is -3.85. The van der Waals surface area contributed by atoms with Gasteiger partial charge in [0.25, 0.3) is 5.69 Å². The lowest BCUT2D eigenvalue weighted by atomic mass is 10.2. The van der Waals surface area contributed by atoms with Crippen LogP contribution in [0, 0.1) is 21.7 Å². The molecular weight excluding hydrogens is 272 g/mol. The average Bonchev–Trinajstić information content (AvgIpc) is 2.43. The molecule has 2 aromatic rings. The molecule has 0 N–H and O–H groups in total. The predicted octanol–water partition coefficient (Wildman–Crippen LogP) is 3.09. The van der Waals surface area contributed by atoms with Crippen LogP contribution in [0.5, 0.6) is 5.75 Å². The maximum Gasteiger partial charge on any atom is 0.343 e. The average molecular weight is 279 g/mol. The number of nitro benzene ring substituents is 1. The van der Waals surface area contributed by atoms with Gasteiger partial charge in [0.15, 0.2) is 11.6 Å². The van der Waals surface area contributed by atoms with E-state index in [-0.39, 0.29) is 11.3 Å². The molecule has 0 aliphatic heterocycles. The van der Waals surface area contributed by atoms with Gasteiger partial charge in [0.2, 0.25) is 5.75 Å². The van der Waals surface area contributed by atoms with Gasteiger partial charge >= 0.3 is 5.97 Å². The Labute approximate surface area is 111 Å². The third kappa shape index (κ3) is 2.77. The van der Waals surface area contributed by atoms with Gasteiger partial charge < -0.3 is 4.74 Å². The van der Waals surface area contributed by atoms with E-state index < -0.39 is 28.3 Å². The van der Waals surface area contributed by atoms with E-state index in [1.807, 2.05) is 0 Å². The molecule has 5 nitrogen and oxygen atoms in total. The standard InChI is InChI=1S/C13H7F2NO4/c14-10-2-1-3-11(15)12(10)20-13(17)8-4-6-9(7-5-8)16(18)19/h1-7H. The molecule has 0 radical (unpaired) electrons. The Morgan fingerprint density at radius 2 is 1.60 bits per heavy atom. The second kappa shape index (κ2) is 5.43. The highest BCUT2D eigenvalue weighted by atomic mass is 19.1. The molecule has 2 aromatic carbocycles. The molecule has 0 bridgehead atoms. The zero-order valence-corrected chi connectivity index (χ0v) is 9.88. The number of carbonyl (C=O) groups is 1. The number of non-ortho nitro benzene ring substituents is 1. The number of esters is 1. The molecule has 0 atom stereocenters. The van der Waals surface area contributed by atoms with Crippen LogP contribution in [0.15, 0.2) is 42.5 Å². The summed E-state index contributed by atoms with van der Waals surface area (Å²) in [7, 11) is 0. The SMILES string of the molecule is O=C(Oc1c(F)cccc1F)c1ccc([N+](=O)[O-])cc1. The number of para-hydroxylation sites is 1. The molecule has 2 rings (SSSR count). The Morgan fingerprint density at radius 1 is 1.05 bits per heavy atom. The zero-order valence-electron chi connectivity index (χ0n) is 9.88. The minimum atomic E-state index is -1.01. The van der Waals surface area contributed by atoms with Gasteiger partial charge in [0, 0.05) is 12.1 Å². The van der Waals surface area contributed by atoms with E-state index in [0.717, 1.165) is 42.5 Å². The first-order valence-corrected chi connectivity index (χ1v) is 5.39. The smallest absolute Gasteiger partial charge is 0.343 e. The maximum absolute atomic E-state index is 13.3. The number of halogens is 2. The van der Waals surface area contributed by atoms with Crippen molar-refractivity contribution in [1.29, 1.82) is 0 Å². The molecule has 0 heterocycles. The molecule has 0 unspecified atom stereocenters. The van der Waals surface area contributed by atoms with Crippen molar-refractivity contribution >= 4 is 11.7 Å². The highest BCUT2D eigenvalue weighted by Gasteiger charge is 2.16. The number of nitrogens with zero attached hydrogens (tertiary/aromatic N) is 1. The Bertz CT molecular complexity index is 650. The van der Waals surface area contributed by atoms with Crippen LogP contribution in [-0.2, 0) is 0 Å².